The minimum absolute atomic E-state index is 0.0901. The third-order valence-electron chi connectivity index (χ3n) is 3.99. The number of hydrogen-bond donors (Lipinski definition) is 2. The highest BCUT2D eigenvalue weighted by Gasteiger charge is 2.44. The lowest BCUT2D eigenvalue weighted by Gasteiger charge is -2.07. The molecule has 0 radical (unpaired) electrons. The van der Waals surface area contributed by atoms with Gasteiger partial charge in [0.05, 0.1) is 5.75 Å². The predicted octanol–water partition coefficient (Wildman–Crippen LogP) is 2.87. The van der Waals surface area contributed by atoms with Gasteiger partial charge in [0.1, 0.15) is 0 Å². The maximum atomic E-state index is 12.4. The second-order valence-electron chi connectivity index (χ2n) is 5.97. The summed E-state index contributed by atoms with van der Waals surface area (Å²) in [4.78, 5) is 12.4. The summed E-state index contributed by atoms with van der Waals surface area (Å²) in [5.74, 6) is -0.340. The molecule has 1 amide bonds. The highest BCUT2D eigenvalue weighted by atomic mass is 35.5. The molecule has 5 nitrogen and oxygen atoms in total. The lowest BCUT2D eigenvalue weighted by molar-refractivity contribution is -0.117. The maximum Gasteiger partial charge on any atom is 0.228 e. The van der Waals surface area contributed by atoms with Crippen LogP contribution < -0.4 is 10.5 Å². The van der Waals surface area contributed by atoms with Crippen molar-refractivity contribution in [1.29, 1.82) is 0 Å². The molecule has 7 heteroatoms. The molecule has 3 rings (SSSR count). The summed E-state index contributed by atoms with van der Waals surface area (Å²) >= 11 is 6.17. The Morgan fingerprint density at radius 2 is 1.96 bits per heavy atom. The Balaban J connectivity index is 1.66. The number of nitrogens with two attached hydrogens (primary N) is 1. The van der Waals surface area contributed by atoms with Crippen molar-refractivity contribution in [2.24, 2.45) is 11.1 Å². The van der Waals surface area contributed by atoms with Crippen LogP contribution >= 0.6 is 11.6 Å². The van der Waals surface area contributed by atoms with Gasteiger partial charge in [-0.15, -0.1) is 0 Å². The first-order valence-electron chi connectivity index (χ1n) is 7.48. The third-order valence-corrected chi connectivity index (χ3v) is 5.07. The molecule has 0 saturated heterocycles. The van der Waals surface area contributed by atoms with Gasteiger partial charge in [-0.2, -0.15) is 0 Å². The van der Waals surface area contributed by atoms with Crippen LogP contribution in [0, 0.1) is 5.92 Å². The highest BCUT2D eigenvalue weighted by Crippen LogP contribution is 2.49. The summed E-state index contributed by atoms with van der Waals surface area (Å²) in [5, 5.41) is 8.55. The molecule has 126 valence electrons. The fourth-order valence-electron chi connectivity index (χ4n) is 2.81. The number of hydrogen-bond acceptors (Lipinski definition) is 3. The molecule has 2 aromatic carbocycles. The van der Waals surface area contributed by atoms with Crippen molar-refractivity contribution >= 4 is 33.2 Å². The van der Waals surface area contributed by atoms with Gasteiger partial charge >= 0.3 is 0 Å². The summed E-state index contributed by atoms with van der Waals surface area (Å²) in [7, 11) is -3.60. The molecule has 1 saturated carbocycles. The molecule has 1 aliphatic rings. The summed E-state index contributed by atoms with van der Waals surface area (Å²) < 4.78 is 22.3. The smallest absolute Gasteiger partial charge is 0.228 e. The van der Waals surface area contributed by atoms with E-state index in [9.17, 15) is 13.2 Å². The Labute approximate surface area is 145 Å². The molecule has 0 aliphatic heterocycles. The minimum atomic E-state index is -3.60. The van der Waals surface area contributed by atoms with E-state index in [-0.39, 0.29) is 23.5 Å². The average Bonchev–Trinajstić information content (AvgIpc) is 3.26. The van der Waals surface area contributed by atoms with E-state index >= 15 is 0 Å². The Bertz CT molecular complexity index is 883. The van der Waals surface area contributed by atoms with Gasteiger partial charge in [-0.3, -0.25) is 4.79 Å². The van der Waals surface area contributed by atoms with Crippen LogP contribution in [0.25, 0.3) is 0 Å². The lowest BCUT2D eigenvalue weighted by Crippen LogP contribution is -2.16. The molecule has 0 heterocycles. The zero-order chi connectivity index (χ0) is 17.3. The van der Waals surface area contributed by atoms with E-state index in [0.717, 1.165) is 12.0 Å². The zero-order valence-electron chi connectivity index (χ0n) is 12.8. The van der Waals surface area contributed by atoms with E-state index in [4.69, 9.17) is 16.7 Å². The molecule has 0 aromatic heterocycles. The Kier molecular flexibility index (Phi) is 4.62. The number of primary sulfonamides is 1. The molecule has 2 unspecified atom stereocenters. The topological polar surface area (TPSA) is 89.3 Å². The maximum absolute atomic E-state index is 12.4. The quantitative estimate of drug-likeness (QED) is 0.854. The van der Waals surface area contributed by atoms with Crippen LogP contribution in [0.15, 0.2) is 48.5 Å². The SMILES string of the molecule is NS(=O)(=O)Cc1cccc(NC(=O)C2CC2c2ccccc2Cl)c1. The number of nitrogens with one attached hydrogen (secondary N) is 1. The summed E-state index contributed by atoms with van der Waals surface area (Å²) in [6.07, 6.45) is 0.756. The van der Waals surface area contributed by atoms with E-state index in [0.29, 0.717) is 16.3 Å². The molecule has 1 aliphatic carbocycles. The Hall–Kier alpha value is -1.89. The number of carbonyl (C=O) groups excluding carboxylic acids is 1. The molecule has 0 bridgehead atoms. The molecule has 1 fully saturated rings. The van der Waals surface area contributed by atoms with Crippen LogP contribution in [0.5, 0.6) is 0 Å². The number of carbonyl (C=O) groups is 1. The van der Waals surface area contributed by atoms with Gasteiger partial charge < -0.3 is 5.32 Å². The van der Waals surface area contributed by atoms with E-state index in [1.165, 1.54) is 0 Å². The van der Waals surface area contributed by atoms with Crippen LogP contribution in [0.2, 0.25) is 5.02 Å². The van der Waals surface area contributed by atoms with Gasteiger partial charge in [0.25, 0.3) is 0 Å². The third kappa shape index (κ3) is 4.14. The van der Waals surface area contributed by atoms with Crippen molar-refractivity contribution in [3.63, 3.8) is 0 Å². The van der Waals surface area contributed by atoms with Gasteiger partial charge in [0, 0.05) is 16.6 Å². The van der Waals surface area contributed by atoms with Crippen LogP contribution in [-0.2, 0) is 20.6 Å². The van der Waals surface area contributed by atoms with Crippen molar-refractivity contribution in [2.45, 2.75) is 18.1 Å². The summed E-state index contributed by atoms with van der Waals surface area (Å²) in [5.41, 5.74) is 2.09. The van der Waals surface area contributed by atoms with Crippen LogP contribution in [-0.4, -0.2) is 14.3 Å². The number of anilines is 1. The number of amides is 1. The van der Waals surface area contributed by atoms with Gasteiger partial charge in [-0.25, -0.2) is 13.6 Å². The largest absolute Gasteiger partial charge is 0.326 e. The summed E-state index contributed by atoms with van der Waals surface area (Å²) in [6.45, 7) is 0. The minimum Gasteiger partial charge on any atom is -0.326 e. The second kappa shape index (κ2) is 6.55. The second-order valence-corrected chi connectivity index (χ2v) is 7.99. The molecule has 24 heavy (non-hydrogen) atoms. The van der Waals surface area contributed by atoms with E-state index < -0.39 is 10.0 Å². The van der Waals surface area contributed by atoms with E-state index in [1.807, 2.05) is 24.3 Å². The van der Waals surface area contributed by atoms with Crippen molar-refractivity contribution in [3.8, 4) is 0 Å². The van der Waals surface area contributed by atoms with Gasteiger partial charge in [0.15, 0.2) is 0 Å². The number of halogens is 1. The van der Waals surface area contributed by atoms with Crippen molar-refractivity contribution in [1.82, 2.24) is 0 Å². The molecule has 2 aromatic rings. The van der Waals surface area contributed by atoms with Crippen molar-refractivity contribution in [2.75, 3.05) is 5.32 Å². The van der Waals surface area contributed by atoms with E-state index in [1.54, 1.807) is 24.3 Å². The lowest BCUT2D eigenvalue weighted by atomic mass is 10.1. The fraction of sp³-hybridized carbons (Fsp3) is 0.235. The number of benzene rings is 2. The Morgan fingerprint density at radius 1 is 1.21 bits per heavy atom. The van der Waals surface area contributed by atoms with Crippen LogP contribution in [0.1, 0.15) is 23.5 Å². The Morgan fingerprint density at radius 3 is 2.67 bits per heavy atom. The fourth-order valence-corrected chi connectivity index (χ4v) is 3.73. The molecular weight excluding hydrogens is 348 g/mol. The monoisotopic (exact) mass is 364 g/mol. The van der Waals surface area contributed by atoms with E-state index in [2.05, 4.69) is 5.32 Å². The highest BCUT2D eigenvalue weighted by molar-refractivity contribution is 7.88. The first-order valence-corrected chi connectivity index (χ1v) is 9.57. The number of rotatable bonds is 5. The van der Waals surface area contributed by atoms with Crippen LogP contribution in [0.4, 0.5) is 5.69 Å². The van der Waals surface area contributed by atoms with Gasteiger partial charge in [-0.1, -0.05) is 41.9 Å². The molecular formula is C17H17ClN2O3S. The summed E-state index contributed by atoms with van der Waals surface area (Å²) in [6, 6.07) is 14.2. The average molecular weight is 365 g/mol. The first kappa shape index (κ1) is 17.0. The van der Waals surface area contributed by atoms with Crippen molar-refractivity contribution in [3.05, 3.63) is 64.7 Å². The standard InChI is InChI=1S/C17H17ClN2O3S/c18-16-7-2-1-6-13(16)14-9-15(14)17(21)20-12-5-3-4-11(8-12)10-24(19,22)23/h1-8,14-15H,9-10H2,(H,20,21)(H2,19,22,23). The van der Waals surface area contributed by atoms with Gasteiger partial charge in [-0.05, 0) is 41.7 Å². The van der Waals surface area contributed by atoms with Crippen LogP contribution in [0.3, 0.4) is 0 Å². The molecule has 3 N–H and O–H groups in total. The molecule has 0 spiro atoms. The first-order chi connectivity index (χ1) is 11.3. The normalized spacial score (nSPS) is 19.8. The zero-order valence-corrected chi connectivity index (χ0v) is 14.3. The predicted molar refractivity (Wildman–Crippen MR) is 94.2 cm³/mol. The van der Waals surface area contributed by atoms with Crippen molar-refractivity contribution < 1.29 is 13.2 Å². The van der Waals surface area contributed by atoms with Gasteiger partial charge in [0.2, 0.25) is 15.9 Å². The molecule has 2 atom stereocenters. The number of sulfonamides is 1.